The van der Waals surface area contributed by atoms with Crippen LogP contribution in [-0.4, -0.2) is 18.5 Å². The number of hydrogen-bond acceptors (Lipinski definition) is 2. The zero-order valence-electron chi connectivity index (χ0n) is 12.1. The first-order chi connectivity index (χ1) is 10.1. The van der Waals surface area contributed by atoms with Crippen LogP contribution in [0.5, 0.6) is 0 Å². The van der Waals surface area contributed by atoms with Crippen LogP contribution in [0.25, 0.3) is 0 Å². The van der Waals surface area contributed by atoms with E-state index in [0.717, 1.165) is 18.5 Å². The summed E-state index contributed by atoms with van der Waals surface area (Å²) < 4.78 is 0. The fraction of sp³-hybridized carbons (Fsp3) is 0.562. The summed E-state index contributed by atoms with van der Waals surface area (Å²) in [4.78, 5) is 12.0. The molecule has 0 spiro atoms. The molecule has 0 unspecified atom stereocenters. The summed E-state index contributed by atoms with van der Waals surface area (Å²) in [5.41, 5.74) is 0.770. The van der Waals surface area contributed by atoms with Crippen molar-refractivity contribution >= 4 is 34.8 Å². The second kappa shape index (κ2) is 8.50. The maximum atomic E-state index is 12.0. The molecule has 0 atom stereocenters. The van der Waals surface area contributed by atoms with Gasteiger partial charge in [-0.25, -0.2) is 0 Å². The van der Waals surface area contributed by atoms with Gasteiger partial charge in [0.1, 0.15) is 0 Å². The molecule has 0 aromatic heterocycles. The number of hydrogen-bond donors (Lipinski definition) is 2. The quantitative estimate of drug-likeness (QED) is 0.773. The minimum Gasteiger partial charge on any atom is -0.383 e. The number of benzene rings is 1. The smallest absolute Gasteiger partial charge is 0.221 e. The molecule has 0 bridgehead atoms. The van der Waals surface area contributed by atoms with E-state index < -0.39 is 0 Å². The molecule has 3 nitrogen and oxygen atoms in total. The van der Waals surface area contributed by atoms with E-state index >= 15 is 0 Å². The summed E-state index contributed by atoms with van der Waals surface area (Å²) in [6.45, 7) is 0.554. The van der Waals surface area contributed by atoms with Gasteiger partial charge < -0.3 is 10.6 Å². The molecule has 2 N–H and O–H groups in total. The number of amides is 1. The Hall–Kier alpha value is -0.930. The van der Waals surface area contributed by atoms with Crippen LogP contribution in [0.2, 0.25) is 10.0 Å². The highest BCUT2D eigenvalue weighted by molar-refractivity contribution is 6.35. The molecule has 0 saturated heterocycles. The van der Waals surface area contributed by atoms with Crippen molar-refractivity contribution in [1.29, 1.82) is 0 Å². The Balaban J connectivity index is 1.72. The highest BCUT2D eigenvalue weighted by Gasteiger charge is 2.14. The Morgan fingerprint density at radius 1 is 1.14 bits per heavy atom. The van der Waals surface area contributed by atoms with Crippen LogP contribution in [0, 0.1) is 0 Å². The van der Waals surface area contributed by atoms with Crippen molar-refractivity contribution in [3.05, 3.63) is 28.2 Å². The van der Waals surface area contributed by atoms with Crippen LogP contribution >= 0.6 is 23.2 Å². The average molecular weight is 329 g/mol. The van der Waals surface area contributed by atoms with Crippen LogP contribution in [0.4, 0.5) is 5.69 Å². The summed E-state index contributed by atoms with van der Waals surface area (Å²) >= 11 is 12.0. The number of nitrogens with one attached hydrogen (secondary N) is 2. The van der Waals surface area contributed by atoms with E-state index in [4.69, 9.17) is 23.2 Å². The predicted octanol–water partition coefficient (Wildman–Crippen LogP) is 4.63. The predicted molar refractivity (Wildman–Crippen MR) is 89.2 cm³/mol. The van der Waals surface area contributed by atoms with E-state index in [2.05, 4.69) is 10.6 Å². The molecule has 116 valence electrons. The highest BCUT2D eigenvalue weighted by atomic mass is 35.5. The molecule has 0 radical (unpaired) electrons. The van der Waals surface area contributed by atoms with E-state index in [9.17, 15) is 4.79 Å². The first-order valence-corrected chi connectivity index (χ1v) is 8.39. The topological polar surface area (TPSA) is 41.1 Å². The van der Waals surface area contributed by atoms with E-state index in [1.807, 2.05) is 0 Å². The average Bonchev–Trinajstić information content (AvgIpc) is 2.71. The fourth-order valence-electron chi connectivity index (χ4n) is 2.67. The summed E-state index contributed by atoms with van der Waals surface area (Å²) in [6.07, 6.45) is 7.70. The Morgan fingerprint density at radius 3 is 2.57 bits per heavy atom. The Labute approximate surface area is 136 Å². The van der Waals surface area contributed by atoms with E-state index in [-0.39, 0.29) is 5.91 Å². The summed E-state index contributed by atoms with van der Waals surface area (Å²) in [6, 6.07) is 5.62. The van der Waals surface area contributed by atoms with Gasteiger partial charge in [0.05, 0.1) is 10.7 Å². The van der Waals surface area contributed by atoms with Crippen LogP contribution in [-0.2, 0) is 4.79 Å². The first kappa shape index (κ1) is 16.4. The molecule has 0 aliphatic heterocycles. The SMILES string of the molecule is O=C(CCNc1cc(Cl)ccc1Cl)NC1CCCCCC1. The molecule has 1 fully saturated rings. The van der Waals surface area contributed by atoms with E-state index in [0.29, 0.717) is 29.1 Å². The number of halogens is 2. The lowest BCUT2D eigenvalue weighted by molar-refractivity contribution is -0.121. The molecule has 1 amide bonds. The van der Waals surface area contributed by atoms with Gasteiger partial charge in [-0.15, -0.1) is 0 Å². The monoisotopic (exact) mass is 328 g/mol. The van der Waals surface area contributed by atoms with Gasteiger partial charge in [0.15, 0.2) is 0 Å². The number of rotatable bonds is 5. The third-order valence-electron chi connectivity index (χ3n) is 3.82. The Bertz CT molecular complexity index is 471. The van der Waals surface area contributed by atoms with Gasteiger partial charge in [0.25, 0.3) is 0 Å². The van der Waals surface area contributed by atoms with Crippen LogP contribution < -0.4 is 10.6 Å². The van der Waals surface area contributed by atoms with Crippen molar-refractivity contribution in [2.24, 2.45) is 0 Å². The lowest BCUT2D eigenvalue weighted by atomic mass is 10.1. The van der Waals surface area contributed by atoms with E-state index in [1.165, 1.54) is 25.7 Å². The third-order valence-corrected chi connectivity index (χ3v) is 4.38. The molecule has 0 heterocycles. The van der Waals surface area contributed by atoms with Crippen LogP contribution in [0.1, 0.15) is 44.9 Å². The van der Waals surface area contributed by atoms with Crippen molar-refractivity contribution in [3.63, 3.8) is 0 Å². The molecular formula is C16H22Cl2N2O. The van der Waals surface area contributed by atoms with Crippen molar-refractivity contribution in [2.45, 2.75) is 51.0 Å². The maximum Gasteiger partial charge on any atom is 0.221 e. The largest absolute Gasteiger partial charge is 0.383 e. The molecule has 1 aromatic rings. The van der Waals surface area contributed by atoms with Crippen molar-refractivity contribution in [1.82, 2.24) is 5.32 Å². The Kier molecular flexibility index (Phi) is 6.65. The molecule has 21 heavy (non-hydrogen) atoms. The molecular weight excluding hydrogens is 307 g/mol. The summed E-state index contributed by atoms with van der Waals surface area (Å²) in [5, 5.41) is 7.53. The zero-order valence-corrected chi connectivity index (χ0v) is 13.6. The number of carbonyl (C=O) groups is 1. The number of anilines is 1. The second-order valence-electron chi connectivity index (χ2n) is 5.56. The van der Waals surface area contributed by atoms with Crippen LogP contribution in [0.3, 0.4) is 0 Å². The summed E-state index contributed by atoms with van der Waals surface area (Å²) in [7, 11) is 0. The molecule has 2 rings (SSSR count). The Morgan fingerprint density at radius 2 is 1.86 bits per heavy atom. The van der Waals surface area contributed by atoms with Crippen molar-refractivity contribution in [2.75, 3.05) is 11.9 Å². The lowest BCUT2D eigenvalue weighted by Crippen LogP contribution is -2.35. The van der Waals surface area contributed by atoms with Gasteiger partial charge in [-0.1, -0.05) is 48.9 Å². The standard InChI is InChI=1S/C16H22Cl2N2O/c17-12-7-8-14(18)15(11-12)19-10-9-16(21)20-13-5-3-1-2-4-6-13/h7-8,11,13,19H,1-6,9-10H2,(H,20,21). The van der Waals surface area contributed by atoms with Gasteiger partial charge in [-0.3, -0.25) is 4.79 Å². The van der Waals surface area contributed by atoms with Gasteiger partial charge in [0, 0.05) is 24.0 Å². The molecule has 1 aliphatic carbocycles. The number of carbonyl (C=O) groups excluding carboxylic acids is 1. The van der Waals surface area contributed by atoms with Gasteiger partial charge in [0.2, 0.25) is 5.91 Å². The molecule has 1 saturated carbocycles. The van der Waals surface area contributed by atoms with Crippen molar-refractivity contribution in [3.8, 4) is 0 Å². The molecule has 1 aromatic carbocycles. The van der Waals surface area contributed by atoms with Gasteiger partial charge in [-0.05, 0) is 31.0 Å². The fourth-order valence-corrected chi connectivity index (χ4v) is 3.02. The van der Waals surface area contributed by atoms with Crippen molar-refractivity contribution < 1.29 is 4.79 Å². The van der Waals surface area contributed by atoms with Crippen LogP contribution in [0.15, 0.2) is 18.2 Å². The normalized spacial score (nSPS) is 16.3. The molecule has 5 heteroatoms. The summed E-state index contributed by atoms with van der Waals surface area (Å²) in [5.74, 6) is 0.104. The third kappa shape index (κ3) is 5.76. The maximum absolute atomic E-state index is 12.0. The highest BCUT2D eigenvalue weighted by Crippen LogP contribution is 2.25. The second-order valence-corrected chi connectivity index (χ2v) is 6.40. The van der Waals surface area contributed by atoms with E-state index in [1.54, 1.807) is 18.2 Å². The molecule has 1 aliphatic rings. The minimum atomic E-state index is 0.104. The first-order valence-electron chi connectivity index (χ1n) is 7.63. The van der Waals surface area contributed by atoms with Gasteiger partial charge in [-0.2, -0.15) is 0 Å². The lowest BCUT2D eigenvalue weighted by Gasteiger charge is -2.16. The minimum absolute atomic E-state index is 0.104. The zero-order chi connectivity index (χ0) is 15.1. The van der Waals surface area contributed by atoms with Gasteiger partial charge >= 0.3 is 0 Å².